The molecule has 3 nitrogen and oxygen atoms in total. The fraction of sp³-hybridized carbons (Fsp3) is 0.143. The van der Waals surface area contributed by atoms with E-state index in [1.165, 1.54) is 12.3 Å². The number of ether oxygens (including phenoxy) is 1. The molecule has 0 radical (unpaired) electrons. The summed E-state index contributed by atoms with van der Waals surface area (Å²) in [5.74, 6) is -0.116. The molecule has 1 heterocycles. The topological polar surface area (TPSA) is 39.2 Å². The highest BCUT2D eigenvalue weighted by atomic mass is 19.3. The van der Waals surface area contributed by atoms with E-state index in [0.29, 0.717) is 6.29 Å². The fourth-order valence-electron chi connectivity index (χ4n) is 0.667. The van der Waals surface area contributed by atoms with Crippen molar-refractivity contribution in [2.75, 3.05) is 0 Å². The summed E-state index contributed by atoms with van der Waals surface area (Å²) < 4.78 is 27.2. The van der Waals surface area contributed by atoms with Crippen molar-refractivity contribution < 1.29 is 18.3 Å². The molecule has 0 N–H and O–H groups in total. The van der Waals surface area contributed by atoms with E-state index in [0.717, 1.165) is 6.20 Å². The minimum Gasteiger partial charge on any atom is -0.433 e. The van der Waals surface area contributed by atoms with Gasteiger partial charge in [-0.25, -0.2) is 0 Å². The van der Waals surface area contributed by atoms with E-state index in [4.69, 9.17) is 0 Å². The molecule has 0 bridgehead atoms. The molecule has 0 aliphatic heterocycles. The molecule has 0 saturated heterocycles. The Kier molecular flexibility index (Phi) is 2.68. The van der Waals surface area contributed by atoms with Gasteiger partial charge in [0.15, 0.2) is 6.29 Å². The summed E-state index contributed by atoms with van der Waals surface area (Å²) in [6.07, 6.45) is 2.87. The number of pyridine rings is 1. The van der Waals surface area contributed by atoms with Gasteiger partial charge in [0.05, 0.1) is 6.20 Å². The zero-order valence-electron chi connectivity index (χ0n) is 5.91. The Morgan fingerprint density at radius 3 is 2.83 bits per heavy atom. The summed E-state index contributed by atoms with van der Waals surface area (Å²) in [7, 11) is 0. The van der Waals surface area contributed by atoms with Crippen molar-refractivity contribution in [3.8, 4) is 5.75 Å². The maximum atomic E-state index is 11.6. The first kappa shape index (κ1) is 8.58. The zero-order chi connectivity index (χ0) is 8.97. The minimum absolute atomic E-state index is 0.116. The van der Waals surface area contributed by atoms with E-state index in [1.54, 1.807) is 0 Å². The van der Waals surface area contributed by atoms with Crippen molar-refractivity contribution in [1.82, 2.24) is 4.98 Å². The molecule has 5 heteroatoms. The molecule has 0 unspecified atom stereocenters. The van der Waals surface area contributed by atoms with Crippen LogP contribution in [0.2, 0.25) is 0 Å². The number of aldehydes is 1. The number of alkyl halides is 2. The van der Waals surface area contributed by atoms with Crippen LogP contribution in [0.25, 0.3) is 0 Å². The van der Waals surface area contributed by atoms with Crippen LogP contribution in [0, 0.1) is 0 Å². The third kappa shape index (κ3) is 2.26. The second-order valence-corrected chi connectivity index (χ2v) is 1.95. The van der Waals surface area contributed by atoms with Gasteiger partial charge in [0.1, 0.15) is 5.75 Å². The van der Waals surface area contributed by atoms with Crippen molar-refractivity contribution in [3.05, 3.63) is 24.0 Å². The molecule has 0 spiro atoms. The van der Waals surface area contributed by atoms with Gasteiger partial charge in [0, 0.05) is 11.8 Å². The lowest BCUT2D eigenvalue weighted by molar-refractivity contribution is -0.0501. The number of hydrogen-bond acceptors (Lipinski definition) is 3. The van der Waals surface area contributed by atoms with Gasteiger partial charge >= 0.3 is 6.61 Å². The number of carbonyl (C=O) groups excluding carboxylic acids is 1. The van der Waals surface area contributed by atoms with Crippen LogP contribution in [0.4, 0.5) is 8.78 Å². The van der Waals surface area contributed by atoms with Crippen LogP contribution in [-0.4, -0.2) is 17.9 Å². The summed E-state index contributed by atoms with van der Waals surface area (Å²) in [5, 5.41) is 0. The largest absolute Gasteiger partial charge is 0.433 e. The Balaban J connectivity index is 2.79. The predicted molar refractivity (Wildman–Crippen MR) is 36.3 cm³/mol. The van der Waals surface area contributed by atoms with Crippen molar-refractivity contribution in [3.63, 3.8) is 0 Å². The Labute approximate surface area is 67.0 Å². The second-order valence-electron chi connectivity index (χ2n) is 1.95. The normalized spacial score (nSPS) is 9.92. The molecule has 0 aromatic carbocycles. The minimum atomic E-state index is -2.89. The van der Waals surface area contributed by atoms with Gasteiger partial charge in [-0.2, -0.15) is 8.78 Å². The van der Waals surface area contributed by atoms with Gasteiger partial charge in [-0.05, 0) is 6.07 Å². The van der Waals surface area contributed by atoms with E-state index in [-0.39, 0.29) is 11.3 Å². The quantitative estimate of drug-likeness (QED) is 0.650. The molecular weight excluding hydrogens is 168 g/mol. The first-order valence-corrected chi connectivity index (χ1v) is 3.07. The third-order valence-electron chi connectivity index (χ3n) is 1.10. The molecule has 0 amide bonds. The Morgan fingerprint density at radius 2 is 2.25 bits per heavy atom. The Morgan fingerprint density at radius 1 is 1.50 bits per heavy atom. The Bertz CT molecular complexity index is 278. The fourth-order valence-corrected chi connectivity index (χ4v) is 0.667. The summed E-state index contributed by atoms with van der Waals surface area (Å²) in [4.78, 5) is 13.7. The number of carbonyl (C=O) groups is 1. The van der Waals surface area contributed by atoms with Gasteiger partial charge in [0.25, 0.3) is 0 Å². The summed E-state index contributed by atoms with van der Waals surface area (Å²) in [6, 6.07) is 1.19. The molecule has 64 valence electrons. The van der Waals surface area contributed by atoms with Crippen molar-refractivity contribution in [2.45, 2.75) is 6.61 Å². The number of aromatic nitrogens is 1. The van der Waals surface area contributed by atoms with E-state index in [1.807, 2.05) is 0 Å². The highest BCUT2D eigenvalue weighted by Gasteiger charge is 2.04. The zero-order valence-corrected chi connectivity index (χ0v) is 5.91. The lowest BCUT2D eigenvalue weighted by Crippen LogP contribution is -2.02. The van der Waals surface area contributed by atoms with E-state index in [9.17, 15) is 13.6 Å². The highest BCUT2D eigenvalue weighted by molar-refractivity contribution is 5.74. The lowest BCUT2D eigenvalue weighted by atomic mass is 10.3. The SMILES string of the molecule is O=Cc1cncc(OC(F)F)c1. The molecule has 0 saturated carbocycles. The number of halogens is 2. The van der Waals surface area contributed by atoms with Gasteiger partial charge in [-0.1, -0.05) is 0 Å². The van der Waals surface area contributed by atoms with Crippen molar-refractivity contribution in [1.29, 1.82) is 0 Å². The van der Waals surface area contributed by atoms with Gasteiger partial charge in [0.2, 0.25) is 0 Å². The second kappa shape index (κ2) is 3.75. The molecule has 0 fully saturated rings. The van der Waals surface area contributed by atoms with Gasteiger partial charge in [-0.15, -0.1) is 0 Å². The maximum Gasteiger partial charge on any atom is 0.387 e. The van der Waals surface area contributed by atoms with Crippen LogP contribution < -0.4 is 4.74 Å². The van der Waals surface area contributed by atoms with Crippen LogP contribution >= 0.6 is 0 Å². The lowest BCUT2D eigenvalue weighted by Gasteiger charge is -2.02. The van der Waals surface area contributed by atoms with Crippen LogP contribution in [0.15, 0.2) is 18.5 Å². The van der Waals surface area contributed by atoms with E-state index >= 15 is 0 Å². The Hall–Kier alpha value is -1.52. The molecular formula is C7H5F2NO2. The van der Waals surface area contributed by atoms with Gasteiger partial charge < -0.3 is 4.74 Å². The van der Waals surface area contributed by atoms with Gasteiger partial charge in [-0.3, -0.25) is 9.78 Å². The summed E-state index contributed by atoms with van der Waals surface area (Å²) in [5.41, 5.74) is 0.202. The van der Waals surface area contributed by atoms with E-state index < -0.39 is 6.61 Å². The molecule has 1 aromatic rings. The van der Waals surface area contributed by atoms with Crippen LogP contribution in [0.5, 0.6) is 5.75 Å². The monoisotopic (exact) mass is 173 g/mol. The molecule has 0 aliphatic rings. The smallest absolute Gasteiger partial charge is 0.387 e. The van der Waals surface area contributed by atoms with Crippen molar-refractivity contribution >= 4 is 6.29 Å². The third-order valence-corrected chi connectivity index (χ3v) is 1.10. The number of nitrogens with zero attached hydrogens (tertiary/aromatic N) is 1. The maximum absolute atomic E-state index is 11.6. The molecule has 0 atom stereocenters. The average molecular weight is 173 g/mol. The highest BCUT2D eigenvalue weighted by Crippen LogP contribution is 2.12. The molecule has 1 rings (SSSR count). The molecule has 0 aliphatic carbocycles. The first-order chi connectivity index (χ1) is 5.72. The average Bonchev–Trinajstić information content (AvgIpc) is 2.03. The standard InChI is InChI=1S/C7H5F2NO2/c8-7(9)12-6-1-5(4-11)2-10-3-6/h1-4,7H. The van der Waals surface area contributed by atoms with Crippen LogP contribution in [0.3, 0.4) is 0 Å². The molecule has 12 heavy (non-hydrogen) atoms. The van der Waals surface area contributed by atoms with Crippen LogP contribution in [0.1, 0.15) is 10.4 Å². The number of rotatable bonds is 3. The van der Waals surface area contributed by atoms with E-state index in [2.05, 4.69) is 9.72 Å². The predicted octanol–water partition coefficient (Wildman–Crippen LogP) is 1.50. The van der Waals surface area contributed by atoms with Crippen molar-refractivity contribution in [2.24, 2.45) is 0 Å². The first-order valence-electron chi connectivity index (χ1n) is 3.07. The number of hydrogen-bond donors (Lipinski definition) is 0. The summed E-state index contributed by atoms with van der Waals surface area (Å²) >= 11 is 0. The van der Waals surface area contributed by atoms with Crippen LogP contribution in [-0.2, 0) is 0 Å². The summed E-state index contributed by atoms with van der Waals surface area (Å²) in [6.45, 7) is -2.89. The molecule has 1 aromatic heterocycles.